The van der Waals surface area contributed by atoms with E-state index in [9.17, 15) is 13.2 Å². The maximum absolute atomic E-state index is 12.4. The first kappa shape index (κ1) is 16.8. The van der Waals surface area contributed by atoms with E-state index in [-0.39, 0.29) is 4.90 Å². The summed E-state index contributed by atoms with van der Waals surface area (Å²) in [5, 5.41) is 8.60. The fourth-order valence-electron chi connectivity index (χ4n) is 1.93. The molecule has 7 heteroatoms. The van der Waals surface area contributed by atoms with E-state index in [0.717, 1.165) is 5.56 Å². The molecule has 0 amide bonds. The van der Waals surface area contributed by atoms with Gasteiger partial charge in [-0.05, 0) is 49.7 Å². The number of ether oxygens (including phenoxy) is 1. The van der Waals surface area contributed by atoms with Crippen molar-refractivity contribution in [1.82, 2.24) is 0 Å². The second-order valence-electron chi connectivity index (χ2n) is 5.08. The Morgan fingerprint density at radius 2 is 1.78 bits per heavy atom. The van der Waals surface area contributed by atoms with Gasteiger partial charge in [0.2, 0.25) is 0 Å². The van der Waals surface area contributed by atoms with Gasteiger partial charge in [0, 0.05) is 5.69 Å². The van der Waals surface area contributed by atoms with Crippen LogP contribution in [0.3, 0.4) is 0 Å². The SMILES string of the molecule is Cc1ccc(NS(=O)(=O)c2ccc(OCC(=O)O)c(C)c2)cc1. The lowest BCUT2D eigenvalue weighted by Gasteiger charge is -2.11. The van der Waals surface area contributed by atoms with E-state index in [0.29, 0.717) is 17.0 Å². The summed E-state index contributed by atoms with van der Waals surface area (Å²) >= 11 is 0. The monoisotopic (exact) mass is 335 g/mol. The van der Waals surface area contributed by atoms with E-state index < -0.39 is 22.6 Å². The zero-order chi connectivity index (χ0) is 17.0. The summed E-state index contributed by atoms with van der Waals surface area (Å²) in [6.07, 6.45) is 0. The molecule has 0 radical (unpaired) electrons. The smallest absolute Gasteiger partial charge is 0.341 e. The highest BCUT2D eigenvalue weighted by molar-refractivity contribution is 7.92. The van der Waals surface area contributed by atoms with E-state index in [1.807, 2.05) is 19.1 Å². The number of rotatable bonds is 6. The van der Waals surface area contributed by atoms with Crippen molar-refractivity contribution in [1.29, 1.82) is 0 Å². The van der Waals surface area contributed by atoms with Crippen LogP contribution in [0.1, 0.15) is 11.1 Å². The summed E-state index contributed by atoms with van der Waals surface area (Å²) in [5.41, 5.74) is 2.04. The fraction of sp³-hybridized carbons (Fsp3) is 0.188. The number of aryl methyl sites for hydroxylation is 2. The Balaban J connectivity index is 2.21. The van der Waals surface area contributed by atoms with Gasteiger partial charge in [0.25, 0.3) is 10.0 Å². The molecule has 0 atom stereocenters. The fourth-order valence-corrected chi connectivity index (χ4v) is 3.07. The summed E-state index contributed by atoms with van der Waals surface area (Å²) in [7, 11) is -3.72. The van der Waals surface area contributed by atoms with E-state index in [1.165, 1.54) is 18.2 Å². The molecule has 0 aromatic heterocycles. The molecule has 2 N–H and O–H groups in total. The van der Waals surface area contributed by atoms with Crippen LogP contribution < -0.4 is 9.46 Å². The van der Waals surface area contributed by atoms with Gasteiger partial charge in [0.15, 0.2) is 6.61 Å². The van der Waals surface area contributed by atoms with Crippen molar-refractivity contribution in [2.45, 2.75) is 18.7 Å². The van der Waals surface area contributed by atoms with Crippen LogP contribution in [0.25, 0.3) is 0 Å². The van der Waals surface area contributed by atoms with Gasteiger partial charge in [-0.15, -0.1) is 0 Å². The van der Waals surface area contributed by atoms with Crippen molar-refractivity contribution in [2.75, 3.05) is 11.3 Å². The molecule has 2 aromatic rings. The summed E-state index contributed by atoms with van der Waals surface area (Å²) in [6, 6.07) is 11.3. The number of hydrogen-bond acceptors (Lipinski definition) is 4. The molecule has 23 heavy (non-hydrogen) atoms. The molecule has 0 fully saturated rings. The highest BCUT2D eigenvalue weighted by Crippen LogP contribution is 2.23. The number of nitrogens with one attached hydrogen (secondary N) is 1. The Morgan fingerprint density at radius 1 is 1.13 bits per heavy atom. The lowest BCUT2D eigenvalue weighted by Crippen LogP contribution is -2.14. The number of benzene rings is 2. The van der Waals surface area contributed by atoms with Crippen LogP contribution in [0.15, 0.2) is 47.4 Å². The number of carboxylic acid groups (broad SMARTS) is 1. The van der Waals surface area contributed by atoms with Crippen LogP contribution in [-0.2, 0) is 14.8 Å². The van der Waals surface area contributed by atoms with Crippen molar-refractivity contribution in [3.63, 3.8) is 0 Å². The number of carbonyl (C=O) groups is 1. The summed E-state index contributed by atoms with van der Waals surface area (Å²) in [6.45, 7) is 3.09. The summed E-state index contributed by atoms with van der Waals surface area (Å²) < 4.78 is 32.3. The molecule has 0 heterocycles. The molecule has 0 unspecified atom stereocenters. The molecule has 0 aliphatic carbocycles. The maximum atomic E-state index is 12.4. The Kier molecular flexibility index (Phi) is 4.90. The Bertz CT molecular complexity index is 813. The number of sulfonamides is 1. The van der Waals surface area contributed by atoms with Gasteiger partial charge in [-0.1, -0.05) is 17.7 Å². The van der Waals surface area contributed by atoms with Crippen LogP contribution in [0.5, 0.6) is 5.75 Å². The third-order valence-electron chi connectivity index (χ3n) is 3.11. The summed E-state index contributed by atoms with van der Waals surface area (Å²) in [4.78, 5) is 10.6. The second-order valence-corrected chi connectivity index (χ2v) is 6.76. The van der Waals surface area contributed by atoms with Gasteiger partial charge in [0.05, 0.1) is 4.90 Å². The Morgan fingerprint density at radius 3 is 2.35 bits per heavy atom. The number of hydrogen-bond donors (Lipinski definition) is 2. The lowest BCUT2D eigenvalue weighted by atomic mass is 10.2. The van der Waals surface area contributed by atoms with Gasteiger partial charge in [0.1, 0.15) is 5.75 Å². The second kappa shape index (κ2) is 6.70. The van der Waals surface area contributed by atoms with Gasteiger partial charge >= 0.3 is 5.97 Å². The van der Waals surface area contributed by atoms with E-state index in [4.69, 9.17) is 9.84 Å². The molecule has 2 aromatic carbocycles. The average molecular weight is 335 g/mol. The molecule has 0 saturated heterocycles. The van der Waals surface area contributed by atoms with Crippen LogP contribution in [0.4, 0.5) is 5.69 Å². The van der Waals surface area contributed by atoms with Crippen LogP contribution in [0.2, 0.25) is 0 Å². The van der Waals surface area contributed by atoms with Crippen molar-refractivity contribution in [3.05, 3.63) is 53.6 Å². The average Bonchev–Trinajstić information content (AvgIpc) is 2.48. The van der Waals surface area contributed by atoms with Gasteiger partial charge in [-0.25, -0.2) is 13.2 Å². The third kappa shape index (κ3) is 4.46. The van der Waals surface area contributed by atoms with Crippen molar-refractivity contribution in [3.8, 4) is 5.75 Å². The van der Waals surface area contributed by atoms with E-state index in [1.54, 1.807) is 19.1 Å². The molecular weight excluding hydrogens is 318 g/mol. The Hall–Kier alpha value is -2.54. The van der Waals surface area contributed by atoms with Gasteiger partial charge in [-0.2, -0.15) is 0 Å². The minimum absolute atomic E-state index is 0.0817. The predicted octanol–water partition coefficient (Wildman–Crippen LogP) is 2.57. The first-order chi connectivity index (χ1) is 10.8. The molecule has 6 nitrogen and oxygen atoms in total. The topological polar surface area (TPSA) is 92.7 Å². The van der Waals surface area contributed by atoms with Crippen molar-refractivity contribution >= 4 is 21.7 Å². The summed E-state index contributed by atoms with van der Waals surface area (Å²) in [5.74, 6) is -0.760. The number of aliphatic carboxylic acids is 1. The first-order valence-corrected chi connectivity index (χ1v) is 8.31. The third-order valence-corrected chi connectivity index (χ3v) is 4.49. The predicted molar refractivity (Wildman–Crippen MR) is 86.3 cm³/mol. The number of carboxylic acids is 1. The van der Waals surface area contributed by atoms with Crippen molar-refractivity contribution < 1.29 is 23.1 Å². The molecule has 0 bridgehead atoms. The zero-order valence-electron chi connectivity index (χ0n) is 12.7. The minimum Gasteiger partial charge on any atom is -0.482 e. The molecular formula is C16H17NO5S. The van der Waals surface area contributed by atoms with Crippen molar-refractivity contribution in [2.24, 2.45) is 0 Å². The molecule has 0 saturated carbocycles. The maximum Gasteiger partial charge on any atom is 0.341 e. The highest BCUT2D eigenvalue weighted by Gasteiger charge is 2.16. The molecule has 0 aliphatic heterocycles. The van der Waals surface area contributed by atoms with Gasteiger partial charge < -0.3 is 9.84 Å². The molecule has 0 spiro atoms. The van der Waals surface area contributed by atoms with Crippen LogP contribution >= 0.6 is 0 Å². The zero-order valence-corrected chi connectivity index (χ0v) is 13.6. The van der Waals surface area contributed by atoms with E-state index >= 15 is 0 Å². The quantitative estimate of drug-likeness (QED) is 0.846. The molecule has 122 valence electrons. The number of anilines is 1. The largest absolute Gasteiger partial charge is 0.482 e. The minimum atomic E-state index is -3.72. The normalized spacial score (nSPS) is 11.0. The molecule has 2 rings (SSSR count). The van der Waals surface area contributed by atoms with Gasteiger partial charge in [-0.3, -0.25) is 4.72 Å². The highest BCUT2D eigenvalue weighted by atomic mass is 32.2. The molecule has 0 aliphatic rings. The van der Waals surface area contributed by atoms with Crippen LogP contribution in [-0.4, -0.2) is 26.1 Å². The van der Waals surface area contributed by atoms with Crippen LogP contribution in [0, 0.1) is 13.8 Å². The lowest BCUT2D eigenvalue weighted by molar-refractivity contribution is -0.139. The first-order valence-electron chi connectivity index (χ1n) is 6.83. The Labute approximate surface area is 134 Å². The standard InChI is InChI=1S/C16H17NO5S/c1-11-3-5-13(6-4-11)17-23(20,21)14-7-8-15(12(2)9-14)22-10-16(18)19/h3-9,17H,10H2,1-2H3,(H,18,19). The van der Waals surface area contributed by atoms with E-state index in [2.05, 4.69) is 4.72 Å².